The van der Waals surface area contributed by atoms with Crippen LogP contribution < -0.4 is 9.80 Å². The normalized spacial score (nSPS) is 31.6. The van der Waals surface area contributed by atoms with Crippen LogP contribution in [0.1, 0.15) is 31.4 Å². The third-order valence-electron chi connectivity index (χ3n) is 9.35. The number of rotatable bonds is 5. The number of fused-ring (bicyclic) bond motifs is 2. The van der Waals surface area contributed by atoms with Crippen LogP contribution in [0.25, 0.3) is 0 Å². The van der Waals surface area contributed by atoms with E-state index >= 15 is 0 Å². The molecule has 0 bridgehead atoms. The molecule has 1 N–H and O–H groups in total. The van der Waals surface area contributed by atoms with Crippen molar-refractivity contribution in [3.8, 4) is 0 Å². The zero-order valence-corrected chi connectivity index (χ0v) is 24.8. The summed E-state index contributed by atoms with van der Waals surface area (Å²) in [5.74, 6) is -1.93. The Hall–Kier alpha value is -3.36. The molecule has 0 radical (unpaired) electrons. The Morgan fingerprint density at radius 3 is 2.20 bits per heavy atom. The minimum Gasteiger partial charge on any atom is -0.394 e. The van der Waals surface area contributed by atoms with Crippen molar-refractivity contribution in [1.82, 2.24) is 4.90 Å². The number of aryl methyl sites for hydroxylation is 2. The molecule has 6 rings (SSSR count). The van der Waals surface area contributed by atoms with Crippen molar-refractivity contribution >= 4 is 40.9 Å². The molecule has 2 aromatic rings. The van der Waals surface area contributed by atoms with Gasteiger partial charge in [0, 0.05) is 29.2 Å². The van der Waals surface area contributed by atoms with E-state index in [9.17, 15) is 19.5 Å². The topological polar surface area (TPSA) is 81.2 Å². The molecule has 8 heteroatoms. The summed E-state index contributed by atoms with van der Waals surface area (Å²) in [6.07, 6.45) is 8.62. The lowest BCUT2D eigenvalue weighted by molar-refractivity contribution is -0.142. The molecule has 2 saturated heterocycles. The third kappa shape index (κ3) is 4.02. The molecule has 6 atom stereocenters. The first-order chi connectivity index (χ1) is 19.7. The van der Waals surface area contributed by atoms with Gasteiger partial charge in [0.05, 0.1) is 29.2 Å². The summed E-state index contributed by atoms with van der Waals surface area (Å²) in [4.78, 5) is 49.1. The fourth-order valence-electron chi connectivity index (χ4n) is 7.54. The van der Waals surface area contributed by atoms with Gasteiger partial charge < -0.3 is 19.8 Å². The summed E-state index contributed by atoms with van der Waals surface area (Å²) in [6, 6.07) is 14.1. The summed E-state index contributed by atoms with van der Waals surface area (Å²) < 4.78 is -1.65. The van der Waals surface area contributed by atoms with Crippen molar-refractivity contribution in [2.45, 2.75) is 55.7 Å². The van der Waals surface area contributed by atoms with E-state index in [1.54, 1.807) is 26.5 Å². The molecule has 2 aromatic carbocycles. The Kier molecular flexibility index (Phi) is 6.90. The molecule has 1 unspecified atom stereocenters. The van der Waals surface area contributed by atoms with E-state index in [-0.39, 0.29) is 24.3 Å². The molecule has 0 saturated carbocycles. The fraction of sp³-hybridized carbons (Fsp3) is 0.424. The van der Waals surface area contributed by atoms with Gasteiger partial charge >= 0.3 is 0 Å². The summed E-state index contributed by atoms with van der Waals surface area (Å²) in [7, 11) is 0. The summed E-state index contributed by atoms with van der Waals surface area (Å²) in [5, 5.41) is 10.4. The maximum atomic E-state index is 14.8. The number of thioether (sulfide) groups is 1. The summed E-state index contributed by atoms with van der Waals surface area (Å²) >= 11 is 1.57. The molecule has 0 aliphatic carbocycles. The Bertz CT molecular complexity index is 1430. The third-order valence-corrected chi connectivity index (χ3v) is 11.1. The van der Waals surface area contributed by atoms with Crippen molar-refractivity contribution in [1.29, 1.82) is 0 Å². The van der Waals surface area contributed by atoms with Crippen LogP contribution in [0.3, 0.4) is 0 Å². The molecule has 7 nitrogen and oxygen atoms in total. The number of likely N-dealkylation sites (tertiary alicyclic amines) is 1. The summed E-state index contributed by atoms with van der Waals surface area (Å²) in [5.41, 5.74) is 3.60. The highest BCUT2D eigenvalue weighted by atomic mass is 32.2. The molecule has 214 valence electrons. The van der Waals surface area contributed by atoms with Gasteiger partial charge in [-0.05, 0) is 50.5 Å². The molecule has 3 amide bonds. The van der Waals surface area contributed by atoms with Crippen molar-refractivity contribution in [3.63, 3.8) is 0 Å². The number of benzene rings is 2. The lowest BCUT2D eigenvalue weighted by Crippen LogP contribution is -2.57. The molecule has 4 heterocycles. The first-order valence-electron chi connectivity index (χ1n) is 14.4. The molecule has 4 aliphatic rings. The van der Waals surface area contributed by atoms with Gasteiger partial charge in [0.15, 0.2) is 0 Å². The highest BCUT2D eigenvalue weighted by Crippen LogP contribution is 2.66. The minimum absolute atomic E-state index is 0.110. The van der Waals surface area contributed by atoms with Crippen LogP contribution in [0.4, 0.5) is 11.4 Å². The van der Waals surface area contributed by atoms with Crippen LogP contribution in [0.2, 0.25) is 0 Å². The monoisotopic (exact) mass is 571 g/mol. The average molecular weight is 572 g/mol. The number of para-hydroxylation sites is 2. The summed E-state index contributed by atoms with van der Waals surface area (Å²) in [6.45, 7) is 8.47. The number of hydrogen-bond acceptors (Lipinski definition) is 5. The molecule has 2 fully saturated rings. The standard InChI is InChI=1S/C33H37N3O4S/c1-5-23(20-37)36-28-31(40)35(27-21(2)12-9-13-22(27)3)19-11-17-33(28)26(30(36)39)25-29(38)34(24-14-7-6-8-15-24)18-10-16-32(25,4)41-33/h6-17,23,25-26,28,37H,5,18-20H2,1-4H3/t23-,25+,26-,28?,32-,33-/m0/s1. The van der Waals surface area contributed by atoms with Crippen LogP contribution in [0.15, 0.2) is 72.8 Å². The number of hydrogen-bond donors (Lipinski definition) is 1. The second-order valence-electron chi connectivity index (χ2n) is 11.8. The van der Waals surface area contributed by atoms with Gasteiger partial charge in [0.1, 0.15) is 6.04 Å². The van der Waals surface area contributed by atoms with Gasteiger partial charge in [-0.3, -0.25) is 14.4 Å². The number of carbonyl (C=O) groups excluding carboxylic acids is 3. The average Bonchev–Trinajstić information content (AvgIpc) is 3.23. The van der Waals surface area contributed by atoms with Crippen LogP contribution >= 0.6 is 11.8 Å². The second kappa shape index (κ2) is 10.2. The van der Waals surface area contributed by atoms with Gasteiger partial charge in [0.25, 0.3) is 5.91 Å². The Labute approximate surface area is 245 Å². The number of nitrogens with zero attached hydrogens (tertiary/aromatic N) is 3. The van der Waals surface area contributed by atoms with Gasteiger partial charge in [-0.2, -0.15) is 0 Å². The van der Waals surface area contributed by atoms with Crippen LogP contribution in [-0.2, 0) is 14.4 Å². The molecule has 4 aliphatic heterocycles. The van der Waals surface area contributed by atoms with Gasteiger partial charge in [-0.1, -0.05) is 67.6 Å². The van der Waals surface area contributed by atoms with Crippen LogP contribution in [0, 0.1) is 25.7 Å². The Morgan fingerprint density at radius 1 is 0.878 bits per heavy atom. The predicted octanol–water partition coefficient (Wildman–Crippen LogP) is 4.27. The first-order valence-corrected chi connectivity index (χ1v) is 15.2. The molecular weight excluding hydrogens is 534 g/mol. The zero-order valence-electron chi connectivity index (χ0n) is 24.0. The molecule has 1 spiro atoms. The smallest absolute Gasteiger partial charge is 0.251 e. The Balaban J connectivity index is 1.52. The van der Waals surface area contributed by atoms with Crippen LogP contribution in [0.5, 0.6) is 0 Å². The van der Waals surface area contributed by atoms with Crippen molar-refractivity contribution in [2.24, 2.45) is 11.8 Å². The lowest BCUT2D eigenvalue weighted by atomic mass is 9.74. The van der Waals surface area contributed by atoms with Crippen molar-refractivity contribution in [2.75, 3.05) is 29.5 Å². The van der Waals surface area contributed by atoms with E-state index in [0.717, 1.165) is 22.5 Å². The number of aliphatic hydroxyl groups is 1. The molecular formula is C33H37N3O4S. The maximum absolute atomic E-state index is 14.8. The highest BCUT2D eigenvalue weighted by molar-refractivity contribution is 8.02. The van der Waals surface area contributed by atoms with Crippen molar-refractivity contribution in [3.05, 3.63) is 84.0 Å². The fourth-order valence-corrected chi connectivity index (χ4v) is 9.68. The van der Waals surface area contributed by atoms with E-state index < -0.39 is 33.4 Å². The van der Waals surface area contributed by atoms with E-state index in [2.05, 4.69) is 6.08 Å². The minimum atomic E-state index is -0.957. The number of aliphatic hydroxyl groups excluding tert-OH is 1. The van der Waals surface area contributed by atoms with E-state index in [0.29, 0.717) is 19.5 Å². The molecule has 0 aromatic heterocycles. The maximum Gasteiger partial charge on any atom is 0.251 e. The molecule has 41 heavy (non-hydrogen) atoms. The second-order valence-corrected chi connectivity index (χ2v) is 13.6. The van der Waals surface area contributed by atoms with E-state index in [1.165, 1.54) is 0 Å². The lowest BCUT2D eigenvalue weighted by Gasteiger charge is -2.40. The number of amides is 3. The van der Waals surface area contributed by atoms with Gasteiger partial charge in [-0.25, -0.2) is 0 Å². The van der Waals surface area contributed by atoms with Crippen LogP contribution in [-0.4, -0.2) is 69.0 Å². The number of anilines is 2. The van der Waals surface area contributed by atoms with Gasteiger partial charge in [0.2, 0.25) is 11.8 Å². The predicted molar refractivity (Wildman–Crippen MR) is 163 cm³/mol. The van der Waals surface area contributed by atoms with Gasteiger partial charge in [-0.15, -0.1) is 11.8 Å². The quantitative estimate of drug-likeness (QED) is 0.543. The SMILES string of the molecule is CC[C@@H](CO)N1C(=O)[C@@H]2[C@@H]3C(=O)N(c4ccccc4)CC=C[C@]3(C)S[C@@]23C=CCN(c2c(C)cccc2C)C(=O)C13. The largest absolute Gasteiger partial charge is 0.394 e. The first kappa shape index (κ1) is 27.8. The van der Waals surface area contributed by atoms with E-state index in [4.69, 9.17) is 0 Å². The van der Waals surface area contributed by atoms with E-state index in [1.807, 2.05) is 94.5 Å². The highest BCUT2D eigenvalue weighted by Gasteiger charge is 2.74. The Morgan fingerprint density at radius 2 is 1.54 bits per heavy atom. The number of carbonyl (C=O) groups is 3. The van der Waals surface area contributed by atoms with Crippen molar-refractivity contribution < 1.29 is 19.5 Å². The zero-order chi connectivity index (χ0) is 29.1.